The van der Waals surface area contributed by atoms with Crippen molar-refractivity contribution >= 4 is 0 Å². The maximum Gasteiger partial charge on any atom is 0.250 e. The molecule has 1 aromatic rings. The molecule has 0 saturated heterocycles. The van der Waals surface area contributed by atoms with E-state index in [1.165, 1.54) is 0 Å². The predicted octanol–water partition coefficient (Wildman–Crippen LogP) is 1.15. The van der Waals surface area contributed by atoms with Crippen LogP contribution in [-0.2, 0) is 6.54 Å². The number of hydrogen-bond donors (Lipinski definition) is 1. The Bertz CT molecular complexity index is 328. The van der Waals surface area contributed by atoms with Crippen LogP contribution in [0.1, 0.15) is 25.5 Å². The van der Waals surface area contributed by atoms with E-state index in [0.717, 1.165) is 12.1 Å². The molecule has 0 amide bonds. The summed E-state index contributed by atoms with van der Waals surface area (Å²) >= 11 is 0. The summed E-state index contributed by atoms with van der Waals surface area (Å²) in [5.41, 5.74) is 1.20. The van der Waals surface area contributed by atoms with Crippen LogP contribution >= 0.6 is 0 Å². The molecular formula is C10H16N2O. The molecule has 0 spiro atoms. The van der Waals surface area contributed by atoms with Gasteiger partial charge in [-0.15, -0.1) is 0 Å². The second-order valence-corrected chi connectivity index (χ2v) is 3.41. The van der Waals surface area contributed by atoms with E-state index in [0.29, 0.717) is 0 Å². The van der Waals surface area contributed by atoms with Crippen molar-refractivity contribution in [2.24, 2.45) is 0 Å². The first-order valence-corrected chi connectivity index (χ1v) is 4.51. The number of hydrogen-bond acceptors (Lipinski definition) is 2. The first-order valence-electron chi connectivity index (χ1n) is 4.51. The van der Waals surface area contributed by atoms with E-state index in [1.54, 1.807) is 10.6 Å². The molecule has 0 atom stereocenters. The van der Waals surface area contributed by atoms with E-state index in [4.69, 9.17) is 0 Å². The van der Waals surface area contributed by atoms with E-state index in [2.05, 4.69) is 5.32 Å². The Kier molecular flexibility index (Phi) is 3.25. The molecule has 3 heteroatoms. The first-order chi connectivity index (χ1) is 6.15. The largest absolute Gasteiger partial charge is 0.316 e. The van der Waals surface area contributed by atoms with Gasteiger partial charge in [-0.1, -0.05) is 6.07 Å². The van der Waals surface area contributed by atoms with Gasteiger partial charge in [-0.05, 0) is 26.5 Å². The summed E-state index contributed by atoms with van der Waals surface area (Å²) in [7, 11) is 1.89. The topological polar surface area (TPSA) is 34.0 Å². The van der Waals surface area contributed by atoms with Gasteiger partial charge in [0, 0.05) is 24.8 Å². The quantitative estimate of drug-likeness (QED) is 0.757. The van der Waals surface area contributed by atoms with E-state index < -0.39 is 0 Å². The van der Waals surface area contributed by atoms with E-state index >= 15 is 0 Å². The van der Waals surface area contributed by atoms with Crippen molar-refractivity contribution in [3.8, 4) is 0 Å². The van der Waals surface area contributed by atoms with Gasteiger partial charge in [0.25, 0.3) is 5.56 Å². The van der Waals surface area contributed by atoms with Crippen LogP contribution in [0.5, 0.6) is 0 Å². The van der Waals surface area contributed by atoms with Gasteiger partial charge >= 0.3 is 0 Å². The highest BCUT2D eigenvalue weighted by Gasteiger charge is 2.00. The fourth-order valence-electron chi connectivity index (χ4n) is 1.26. The fraction of sp³-hybridized carbons (Fsp3) is 0.500. The molecular weight excluding hydrogens is 164 g/mol. The summed E-state index contributed by atoms with van der Waals surface area (Å²) in [4.78, 5) is 11.4. The highest BCUT2D eigenvalue weighted by Crippen LogP contribution is 2.02. The van der Waals surface area contributed by atoms with Gasteiger partial charge in [-0.2, -0.15) is 0 Å². The molecule has 0 aliphatic rings. The standard InChI is InChI=1S/C10H16N2O/c1-8(2)12-7-9(6-11-3)4-5-10(12)13/h4-5,7-8,11H,6H2,1-3H3. The van der Waals surface area contributed by atoms with Crippen LogP contribution in [0.15, 0.2) is 23.1 Å². The highest BCUT2D eigenvalue weighted by atomic mass is 16.1. The van der Waals surface area contributed by atoms with Crippen molar-refractivity contribution in [2.45, 2.75) is 26.4 Å². The SMILES string of the molecule is CNCc1ccc(=O)n(C(C)C)c1. The third-order valence-corrected chi connectivity index (χ3v) is 1.94. The minimum Gasteiger partial charge on any atom is -0.316 e. The van der Waals surface area contributed by atoms with Crippen molar-refractivity contribution in [1.82, 2.24) is 9.88 Å². The zero-order chi connectivity index (χ0) is 9.84. The van der Waals surface area contributed by atoms with Crippen LogP contribution in [0.25, 0.3) is 0 Å². The molecule has 0 fully saturated rings. The summed E-state index contributed by atoms with van der Waals surface area (Å²) in [6.45, 7) is 4.81. The Hall–Kier alpha value is -1.09. The molecule has 1 aromatic heterocycles. The lowest BCUT2D eigenvalue weighted by atomic mass is 10.2. The summed E-state index contributed by atoms with van der Waals surface area (Å²) in [6, 6.07) is 3.70. The zero-order valence-electron chi connectivity index (χ0n) is 8.37. The minimum atomic E-state index is 0.0647. The molecule has 0 aliphatic heterocycles. The Balaban J connectivity index is 3.04. The van der Waals surface area contributed by atoms with Crippen molar-refractivity contribution in [3.63, 3.8) is 0 Å². The molecule has 0 unspecified atom stereocenters. The Morgan fingerprint density at radius 3 is 2.69 bits per heavy atom. The number of rotatable bonds is 3. The van der Waals surface area contributed by atoms with Gasteiger partial charge in [-0.3, -0.25) is 4.79 Å². The fourth-order valence-corrected chi connectivity index (χ4v) is 1.26. The Morgan fingerprint density at radius 1 is 1.46 bits per heavy atom. The molecule has 0 radical (unpaired) electrons. The lowest BCUT2D eigenvalue weighted by Crippen LogP contribution is -2.21. The summed E-state index contributed by atoms with van der Waals surface area (Å²) in [6.07, 6.45) is 1.91. The average molecular weight is 180 g/mol. The lowest BCUT2D eigenvalue weighted by molar-refractivity contribution is 0.572. The molecule has 0 aliphatic carbocycles. The van der Waals surface area contributed by atoms with Gasteiger partial charge in [0.15, 0.2) is 0 Å². The summed E-state index contributed by atoms with van der Waals surface area (Å²) < 4.78 is 1.74. The molecule has 0 aromatic carbocycles. The van der Waals surface area contributed by atoms with Gasteiger partial charge in [-0.25, -0.2) is 0 Å². The average Bonchev–Trinajstić information content (AvgIpc) is 2.08. The summed E-state index contributed by atoms with van der Waals surface area (Å²) in [5.74, 6) is 0. The van der Waals surface area contributed by atoms with Gasteiger partial charge in [0.05, 0.1) is 0 Å². The zero-order valence-corrected chi connectivity index (χ0v) is 8.37. The third kappa shape index (κ3) is 2.42. The molecule has 3 nitrogen and oxygen atoms in total. The Morgan fingerprint density at radius 2 is 2.15 bits per heavy atom. The van der Waals surface area contributed by atoms with Crippen molar-refractivity contribution in [2.75, 3.05) is 7.05 Å². The number of aromatic nitrogens is 1. The van der Waals surface area contributed by atoms with Gasteiger partial charge in [0.1, 0.15) is 0 Å². The second kappa shape index (κ2) is 4.23. The Labute approximate surface area is 78.4 Å². The van der Waals surface area contributed by atoms with Crippen molar-refractivity contribution < 1.29 is 0 Å². The first kappa shape index (κ1) is 9.99. The van der Waals surface area contributed by atoms with Gasteiger partial charge in [0.2, 0.25) is 0 Å². The maximum atomic E-state index is 11.4. The lowest BCUT2D eigenvalue weighted by Gasteiger charge is -2.10. The molecule has 1 heterocycles. The van der Waals surface area contributed by atoms with E-state index in [-0.39, 0.29) is 11.6 Å². The van der Waals surface area contributed by atoms with E-state index in [1.807, 2.05) is 33.2 Å². The van der Waals surface area contributed by atoms with Crippen molar-refractivity contribution in [1.29, 1.82) is 0 Å². The molecule has 0 bridgehead atoms. The predicted molar refractivity (Wildman–Crippen MR) is 53.9 cm³/mol. The van der Waals surface area contributed by atoms with Gasteiger partial charge < -0.3 is 9.88 Å². The van der Waals surface area contributed by atoms with Crippen LogP contribution in [-0.4, -0.2) is 11.6 Å². The molecule has 0 saturated carbocycles. The van der Waals surface area contributed by atoms with E-state index in [9.17, 15) is 4.79 Å². The van der Waals surface area contributed by atoms with Crippen LogP contribution in [0.4, 0.5) is 0 Å². The highest BCUT2D eigenvalue weighted by molar-refractivity contribution is 5.10. The van der Waals surface area contributed by atoms with Crippen molar-refractivity contribution in [3.05, 3.63) is 34.2 Å². The van der Waals surface area contributed by atoms with Crippen LogP contribution in [0, 0.1) is 0 Å². The second-order valence-electron chi connectivity index (χ2n) is 3.41. The number of nitrogens with one attached hydrogen (secondary N) is 1. The number of nitrogens with zero attached hydrogens (tertiary/aromatic N) is 1. The van der Waals surface area contributed by atoms with Crippen LogP contribution in [0.2, 0.25) is 0 Å². The van der Waals surface area contributed by atoms with Crippen LogP contribution < -0.4 is 10.9 Å². The minimum absolute atomic E-state index is 0.0647. The third-order valence-electron chi connectivity index (χ3n) is 1.94. The molecule has 1 N–H and O–H groups in total. The smallest absolute Gasteiger partial charge is 0.250 e. The number of pyridine rings is 1. The maximum absolute atomic E-state index is 11.4. The molecule has 72 valence electrons. The molecule has 1 rings (SSSR count). The van der Waals surface area contributed by atoms with Crippen LogP contribution in [0.3, 0.4) is 0 Å². The molecule has 13 heavy (non-hydrogen) atoms. The monoisotopic (exact) mass is 180 g/mol. The summed E-state index contributed by atoms with van der Waals surface area (Å²) in [5, 5.41) is 3.05. The normalized spacial score (nSPS) is 10.8.